The van der Waals surface area contributed by atoms with Crippen molar-refractivity contribution < 1.29 is 23.6 Å². The summed E-state index contributed by atoms with van der Waals surface area (Å²) in [6.45, 7) is 1.00. The molecule has 0 aliphatic carbocycles. The molecule has 1 saturated heterocycles. The van der Waals surface area contributed by atoms with Crippen LogP contribution < -0.4 is 16.4 Å². The summed E-state index contributed by atoms with van der Waals surface area (Å²) in [6.07, 6.45) is 0. The largest absolute Gasteiger partial charge is 0.458 e. The van der Waals surface area contributed by atoms with Crippen molar-refractivity contribution in [3.05, 3.63) is 53.1 Å². The van der Waals surface area contributed by atoms with Gasteiger partial charge < -0.3 is 20.8 Å². The number of anilines is 1. The fourth-order valence-corrected chi connectivity index (χ4v) is 3.95. The van der Waals surface area contributed by atoms with Gasteiger partial charge in [-0.15, -0.1) is 11.3 Å². The van der Waals surface area contributed by atoms with Crippen LogP contribution in [0.3, 0.4) is 0 Å². The molecule has 3 aromatic rings. The lowest BCUT2D eigenvalue weighted by molar-refractivity contribution is -0.134. The summed E-state index contributed by atoms with van der Waals surface area (Å²) in [4.78, 5) is 49.9. The van der Waals surface area contributed by atoms with E-state index in [4.69, 9.17) is 10.2 Å². The molecule has 3 heterocycles. The van der Waals surface area contributed by atoms with Gasteiger partial charge in [0.1, 0.15) is 22.9 Å². The first-order valence-corrected chi connectivity index (χ1v) is 9.48. The predicted molar refractivity (Wildman–Crippen MR) is 105 cm³/mol. The number of primary amides is 1. The van der Waals surface area contributed by atoms with E-state index in [1.807, 2.05) is 12.1 Å². The molecule has 1 aliphatic heterocycles. The van der Waals surface area contributed by atoms with E-state index < -0.39 is 35.8 Å². The number of nitrogens with zero attached hydrogens (tertiary/aromatic N) is 1. The molecular formula is C19H16N4O5S. The molecule has 148 valence electrons. The van der Waals surface area contributed by atoms with Crippen molar-refractivity contribution in [2.45, 2.75) is 12.5 Å². The molecule has 9 nitrogen and oxygen atoms in total. The van der Waals surface area contributed by atoms with Crippen molar-refractivity contribution in [2.24, 2.45) is 5.73 Å². The van der Waals surface area contributed by atoms with Gasteiger partial charge in [0.15, 0.2) is 5.54 Å². The van der Waals surface area contributed by atoms with Gasteiger partial charge in [-0.05, 0) is 30.5 Å². The summed E-state index contributed by atoms with van der Waals surface area (Å²) in [5, 5.41) is 7.75. The molecule has 0 radical (unpaired) electrons. The number of furan rings is 1. The Labute approximate surface area is 168 Å². The number of fused-ring (bicyclic) bond motifs is 1. The zero-order valence-electron chi connectivity index (χ0n) is 15.2. The van der Waals surface area contributed by atoms with Gasteiger partial charge in [-0.1, -0.05) is 18.2 Å². The molecule has 0 saturated carbocycles. The highest BCUT2D eigenvalue weighted by molar-refractivity contribution is 7.14. The topological polar surface area (TPSA) is 135 Å². The van der Waals surface area contributed by atoms with E-state index in [1.54, 1.807) is 23.6 Å². The van der Waals surface area contributed by atoms with Crippen LogP contribution in [0.4, 0.5) is 9.80 Å². The van der Waals surface area contributed by atoms with E-state index in [0.717, 1.165) is 21.6 Å². The summed E-state index contributed by atoms with van der Waals surface area (Å²) in [5.41, 5.74) is 4.56. The van der Waals surface area contributed by atoms with Crippen molar-refractivity contribution in [3.8, 4) is 0 Å². The lowest BCUT2D eigenvalue weighted by Gasteiger charge is -2.18. The number of hydrogen-bond donors (Lipinski definition) is 3. The molecular weight excluding hydrogens is 396 g/mol. The van der Waals surface area contributed by atoms with Crippen molar-refractivity contribution in [1.29, 1.82) is 0 Å². The van der Waals surface area contributed by atoms with Crippen LogP contribution in [-0.2, 0) is 15.1 Å². The molecule has 1 atom stereocenters. The van der Waals surface area contributed by atoms with E-state index >= 15 is 0 Å². The van der Waals surface area contributed by atoms with Crippen molar-refractivity contribution in [3.63, 3.8) is 0 Å². The minimum Gasteiger partial charge on any atom is -0.458 e. The van der Waals surface area contributed by atoms with Gasteiger partial charge in [-0.3, -0.25) is 19.3 Å². The molecule has 0 bridgehead atoms. The standard InChI is InChI=1S/C19H16N4O5S/c1-19(13-8-10-4-2-3-5-12(10)28-13)17(26)23(18(27)22-19)9-14(24)21-16-11(15(20)25)6-7-29-16/h2-8H,9H2,1H3,(H2,20,25)(H,21,24)(H,22,27). The number of amides is 5. The lowest BCUT2D eigenvalue weighted by Crippen LogP contribution is -2.41. The van der Waals surface area contributed by atoms with Crippen LogP contribution in [0, 0.1) is 0 Å². The monoisotopic (exact) mass is 412 g/mol. The van der Waals surface area contributed by atoms with Crippen LogP contribution >= 0.6 is 11.3 Å². The Morgan fingerprint density at radius 3 is 2.76 bits per heavy atom. The van der Waals surface area contributed by atoms with Crippen LogP contribution in [-0.4, -0.2) is 35.2 Å². The number of carbonyl (C=O) groups is 4. The number of para-hydroxylation sites is 1. The molecule has 29 heavy (non-hydrogen) atoms. The van der Waals surface area contributed by atoms with E-state index in [1.165, 1.54) is 13.0 Å². The number of urea groups is 1. The van der Waals surface area contributed by atoms with Gasteiger partial charge in [-0.2, -0.15) is 0 Å². The molecule has 5 amide bonds. The Bertz CT molecular complexity index is 1130. The third kappa shape index (κ3) is 3.13. The highest BCUT2D eigenvalue weighted by atomic mass is 32.1. The average Bonchev–Trinajstić information content (AvgIpc) is 3.36. The number of nitrogens with two attached hydrogens (primary N) is 1. The van der Waals surface area contributed by atoms with Crippen LogP contribution in [0.1, 0.15) is 23.0 Å². The second-order valence-corrected chi connectivity index (χ2v) is 7.59. The summed E-state index contributed by atoms with van der Waals surface area (Å²) < 4.78 is 5.74. The van der Waals surface area contributed by atoms with E-state index in [9.17, 15) is 19.2 Å². The highest BCUT2D eigenvalue weighted by Crippen LogP contribution is 2.33. The van der Waals surface area contributed by atoms with Crippen molar-refractivity contribution >= 4 is 51.1 Å². The SMILES string of the molecule is CC1(c2cc3ccccc3o2)NC(=O)N(CC(=O)Nc2sccc2C(N)=O)C1=O. The fraction of sp³-hybridized carbons (Fsp3) is 0.158. The summed E-state index contributed by atoms with van der Waals surface area (Å²) >= 11 is 1.11. The summed E-state index contributed by atoms with van der Waals surface area (Å²) in [6, 6.07) is 9.67. The maximum absolute atomic E-state index is 13.0. The van der Waals surface area contributed by atoms with Gasteiger partial charge in [0, 0.05) is 5.39 Å². The van der Waals surface area contributed by atoms with Gasteiger partial charge >= 0.3 is 6.03 Å². The van der Waals surface area contributed by atoms with Crippen LogP contribution in [0.15, 0.2) is 46.2 Å². The Morgan fingerprint density at radius 2 is 2.03 bits per heavy atom. The quantitative estimate of drug-likeness (QED) is 0.551. The zero-order valence-corrected chi connectivity index (χ0v) is 16.0. The molecule has 2 aromatic heterocycles. The molecule has 1 aromatic carbocycles. The zero-order chi connectivity index (χ0) is 20.8. The van der Waals surface area contributed by atoms with Gasteiger partial charge in [0.2, 0.25) is 5.91 Å². The lowest BCUT2D eigenvalue weighted by atomic mass is 9.99. The smallest absolute Gasteiger partial charge is 0.325 e. The highest BCUT2D eigenvalue weighted by Gasteiger charge is 2.51. The maximum Gasteiger partial charge on any atom is 0.325 e. The van der Waals surface area contributed by atoms with E-state index in [-0.39, 0.29) is 16.3 Å². The Hall–Kier alpha value is -3.66. The first kappa shape index (κ1) is 18.7. The van der Waals surface area contributed by atoms with Crippen LogP contribution in [0.2, 0.25) is 0 Å². The Kier molecular flexibility index (Phi) is 4.35. The third-order valence-electron chi connectivity index (χ3n) is 4.68. The van der Waals surface area contributed by atoms with E-state index in [2.05, 4.69) is 10.6 Å². The molecule has 4 rings (SSSR count). The number of hydrogen-bond acceptors (Lipinski definition) is 6. The number of imide groups is 1. The number of nitrogens with one attached hydrogen (secondary N) is 2. The summed E-state index contributed by atoms with van der Waals surface area (Å²) in [5.74, 6) is -1.66. The number of rotatable bonds is 5. The molecule has 10 heteroatoms. The number of carbonyl (C=O) groups excluding carboxylic acids is 4. The Balaban J connectivity index is 1.54. The van der Waals surface area contributed by atoms with Gasteiger partial charge in [-0.25, -0.2) is 4.79 Å². The predicted octanol–water partition coefficient (Wildman–Crippen LogP) is 2.00. The first-order valence-electron chi connectivity index (χ1n) is 8.60. The van der Waals surface area contributed by atoms with Crippen molar-refractivity contribution in [2.75, 3.05) is 11.9 Å². The Morgan fingerprint density at radius 1 is 1.28 bits per heavy atom. The van der Waals surface area contributed by atoms with Gasteiger partial charge in [0.05, 0.1) is 5.56 Å². The maximum atomic E-state index is 13.0. The molecule has 4 N–H and O–H groups in total. The second kappa shape index (κ2) is 6.74. The first-order chi connectivity index (χ1) is 13.8. The van der Waals surface area contributed by atoms with Crippen LogP contribution in [0.25, 0.3) is 11.0 Å². The minimum absolute atomic E-state index is 0.160. The van der Waals surface area contributed by atoms with Crippen LogP contribution in [0.5, 0.6) is 0 Å². The van der Waals surface area contributed by atoms with Gasteiger partial charge in [0.25, 0.3) is 11.8 Å². The number of benzene rings is 1. The van der Waals surface area contributed by atoms with Crippen molar-refractivity contribution in [1.82, 2.24) is 10.2 Å². The van der Waals surface area contributed by atoms with E-state index in [0.29, 0.717) is 5.58 Å². The molecule has 0 spiro atoms. The fourth-order valence-electron chi connectivity index (χ4n) is 3.15. The second-order valence-electron chi connectivity index (χ2n) is 6.67. The third-order valence-corrected chi connectivity index (χ3v) is 5.51. The minimum atomic E-state index is -1.43. The normalized spacial score (nSPS) is 18.9. The molecule has 1 aliphatic rings. The molecule has 1 fully saturated rings. The average molecular weight is 412 g/mol. The number of thiophene rings is 1. The molecule has 1 unspecified atom stereocenters. The summed E-state index contributed by atoms with van der Waals surface area (Å²) in [7, 11) is 0.